The van der Waals surface area contributed by atoms with Gasteiger partial charge in [0, 0.05) is 25.0 Å². The molecule has 16 heavy (non-hydrogen) atoms. The van der Waals surface area contributed by atoms with Crippen molar-refractivity contribution in [2.24, 2.45) is 5.92 Å². The summed E-state index contributed by atoms with van der Waals surface area (Å²) < 4.78 is 0. The van der Waals surface area contributed by atoms with Gasteiger partial charge in [-0.25, -0.2) is 0 Å². The van der Waals surface area contributed by atoms with Crippen LogP contribution in [0.4, 0.5) is 5.69 Å². The molecule has 0 spiro atoms. The van der Waals surface area contributed by atoms with E-state index in [9.17, 15) is 4.79 Å². The number of hydrogen-bond acceptors (Lipinski definition) is 2. The number of nitrogens with zero attached hydrogens (tertiary/aromatic N) is 2. The Morgan fingerprint density at radius 1 is 1.62 bits per heavy atom. The molecule has 1 fully saturated rings. The van der Waals surface area contributed by atoms with Gasteiger partial charge in [0.2, 0.25) is 5.91 Å². The second-order valence-electron chi connectivity index (χ2n) is 3.99. The minimum Gasteiger partial charge on any atom is -0.310 e. The SMILES string of the molecule is Cc1ncc(Cl)cc1N1CC(CCl)CC1=O. The zero-order valence-electron chi connectivity index (χ0n) is 8.91. The molecule has 0 saturated carbocycles. The van der Waals surface area contributed by atoms with E-state index < -0.39 is 0 Å². The molecule has 2 rings (SSSR count). The quantitative estimate of drug-likeness (QED) is 0.765. The second-order valence-corrected chi connectivity index (χ2v) is 4.73. The van der Waals surface area contributed by atoms with Crippen LogP contribution in [0.15, 0.2) is 12.3 Å². The fourth-order valence-corrected chi connectivity index (χ4v) is 2.25. The van der Waals surface area contributed by atoms with Crippen molar-refractivity contribution in [3.05, 3.63) is 23.0 Å². The Kier molecular flexibility index (Phi) is 3.36. The molecule has 3 nitrogen and oxygen atoms in total. The van der Waals surface area contributed by atoms with E-state index in [0.717, 1.165) is 11.4 Å². The molecule has 1 aliphatic rings. The number of aromatic nitrogens is 1. The van der Waals surface area contributed by atoms with Gasteiger partial charge in [0.1, 0.15) is 0 Å². The summed E-state index contributed by atoms with van der Waals surface area (Å²) in [6.45, 7) is 2.53. The van der Waals surface area contributed by atoms with Gasteiger partial charge in [-0.05, 0) is 18.9 Å². The molecule has 1 amide bonds. The van der Waals surface area contributed by atoms with E-state index in [2.05, 4.69) is 4.98 Å². The topological polar surface area (TPSA) is 33.2 Å². The lowest BCUT2D eigenvalue weighted by Crippen LogP contribution is -2.25. The van der Waals surface area contributed by atoms with Crippen LogP contribution >= 0.6 is 23.2 Å². The van der Waals surface area contributed by atoms with Crippen molar-refractivity contribution in [1.29, 1.82) is 0 Å². The molecule has 0 radical (unpaired) electrons. The van der Waals surface area contributed by atoms with Gasteiger partial charge in [-0.15, -0.1) is 11.6 Å². The van der Waals surface area contributed by atoms with E-state index in [1.54, 1.807) is 17.2 Å². The van der Waals surface area contributed by atoms with Crippen molar-refractivity contribution >= 4 is 34.8 Å². The van der Waals surface area contributed by atoms with Crippen LogP contribution in [0.1, 0.15) is 12.1 Å². The molecular formula is C11H12Cl2N2O. The standard InChI is InChI=1S/C11H12Cl2N2O/c1-7-10(3-9(13)5-14-7)15-6-8(4-12)2-11(15)16/h3,5,8H,2,4,6H2,1H3. The maximum Gasteiger partial charge on any atom is 0.227 e. The lowest BCUT2D eigenvalue weighted by atomic mass is 10.1. The average molecular weight is 259 g/mol. The normalized spacial score (nSPS) is 20.6. The Labute approximate surface area is 104 Å². The average Bonchev–Trinajstić information content (AvgIpc) is 2.63. The second kappa shape index (κ2) is 4.60. The van der Waals surface area contributed by atoms with Crippen LogP contribution in [0.3, 0.4) is 0 Å². The number of halogens is 2. The van der Waals surface area contributed by atoms with Crippen LogP contribution in [0.2, 0.25) is 5.02 Å². The first-order valence-electron chi connectivity index (χ1n) is 5.10. The highest BCUT2D eigenvalue weighted by Gasteiger charge is 2.31. The third kappa shape index (κ3) is 2.15. The molecule has 0 aromatic carbocycles. The van der Waals surface area contributed by atoms with Crippen LogP contribution in [-0.4, -0.2) is 23.3 Å². The van der Waals surface area contributed by atoms with E-state index in [1.807, 2.05) is 6.92 Å². The predicted octanol–water partition coefficient (Wildman–Crippen LogP) is 2.64. The maximum atomic E-state index is 11.8. The number of anilines is 1. The van der Waals surface area contributed by atoms with Gasteiger partial charge >= 0.3 is 0 Å². The molecule has 1 aromatic rings. The molecular weight excluding hydrogens is 247 g/mol. The fraction of sp³-hybridized carbons (Fsp3) is 0.455. The van der Waals surface area contributed by atoms with Crippen LogP contribution in [0.5, 0.6) is 0 Å². The number of amides is 1. The van der Waals surface area contributed by atoms with Crippen LogP contribution in [0.25, 0.3) is 0 Å². The van der Waals surface area contributed by atoms with E-state index in [0.29, 0.717) is 23.9 Å². The van der Waals surface area contributed by atoms with E-state index in [4.69, 9.17) is 23.2 Å². The van der Waals surface area contributed by atoms with Crippen molar-refractivity contribution in [1.82, 2.24) is 4.98 Å². The van der Waals surface area contributed by atoms with Gasteiger partial charge in [0.05, 0.1) is 16.4 Å². The summed E-state index contributed by atoms with van der Waals surface area (Å²) >= 11 is 11.7. The first kappa shape index (κ1) is 11.7. The molecule has 5 heteroatoms. The lowest BCUT2D eigenvalue weighted by Gasteiger charge is -2.18. The third-order valence-corrected chi connectivity index (χ3v) is 3.38. The van der Waals surface area contributed by atoms with Crippen molar-refractivity contribution < 1.29 is 4.79 Å². The molecule has 0 N–H and O–H groups in total. The summed E-state index contributed by atoms with van der Waals surface area (Å²) in [6, 6.07) is 1.78. The highest BCUT2D eigenvalue weighted by molar-refractivity contribution is 6.30. The van der Waals surface area contributed by atoms with Gasteiger partial charge in [-0.2, -0.15) is 0 Å². The molecule has 1 unspecified atom stereocenters. The number of carbonyl (C=O) groups is 1. The minimum atomic E-state index is 0.0952. The number of pyridine rings is 1. The van der Waals surface area contributed by atoms with Gasteiger partial charge in [-0.3, -0.25) is 9.78 Å². The van der Waals surface area contributed by atoms with Crippen molar-refractivity contribution in [2.45, 2.75) is 13.3 Å². The summed E-state index contributed by atoms with van der Waals surface area (Å²) in [5, 5.41) is 0.544. The number of rotatable bonds is 2. The van der Waals surface area contributed by atoms with Gasteiger partial charge in [0.15, 0.2) is 0 Å². The van der Waals surface area contributed by atoms with E-state index in [1.165, 1.54) is 0 Å². The Bertz CT molecular complexity index is 422. The van der Waals surface area contributed by atoms with Crippen LogP contribution in [0, 0.1) is 12.8 Å². The summed E-state index contributed by atoms with van der Waals surface area (Å²) in [4.78, 5) is 17.7. The van der Waals surface area contributed by atoms with Gasteiger partial charge in [-0.1, -0.05) is 11.6 Å². The van der Waals surface area contributed by atoms with E-state index in [-0.39, 0.29) is 11.8 Å². The first-order chi connectivity index (χ1) is 7.61. The largest absolute Gasteiger partial charge is 0.310 e. The number of aryl methyl sites for hydroxylation is 1. The van der Waals surface area contributed by atoms with Gasteiger partial charge in [0.25, 0.3) is 0 Å². The Morgan fingerprint density at radius 2 is 2.38 bits per heavy atom. The molecule has 2 heterocycles. The lowest BCUT2D eigenvalue weighted by molar-refractivity contribution is -0.117. The third-order valence-electron chi connectivity index (χ3n) is 2.74. The van der Waals surface area contributed by atoms with Gasteiger partial charge < -0.3 is 4.90 Å². The molecule has 1 atom stereocenters. The first-order valence-corrected chi connectivity index (χ1v) is 6.01. The maximum absolute atomic E-state index is 11.8. The molecule has 1 aliphatic heterocycles. The highest BCUT2D eigenvalue weighted by atomic mass is 35.5. The molecule has 1 aromatic heterocycles. The zero-order valence-corrected chi connectivity index (χ0v) is 10.4. The highest BCUT2D eigenvalue weighted by Crippen LogP contribution is 2.29. The number of hydrogen-bond donors (Lipinski definition) is 0. The molecule has 86 valence electrons. The Balaban J connectivity index is 2.30. The smallest absolute Gasteiger partial charge is 0.227 e. The molecule has 0 bridgehead atoms. The Hall–Kier alpha value is -0.800. The summed E-state index contributed by atoms with van der Waals surface area (Å²) in [6.07, 6.45) is 2.09. The summed E-state index contributed by atoms with van der Waals surface area (Å²) in [7, 11) is 0. The number of carbonyl (C=O) groups excluding carboxylic acids is 1. The predicted molar refractivity (Wildman–Crippen MR) is 65.2 cm³/mol. The number of alkyl halides is 1. The van der Waals surface area contributed by atoms with Crippen molar-refractivity contribution in [3.8, 4) is 0 Å². The van der Waals surface area contributed by atoms with Crippen molar-refractivity contribution in [3.63, 3.8) is 0 Å². The van der Waals surface area contributed by atoms with Crippen LogP contribution < -0.4 is 4.90 Å². The molecule has 0 aliphatic carbocycles. The molecule has 1 saturated heterocycles. The Morgan fingerprint density at radius 3 is 3.00 bits per heavy atom. The summed E-state index contributed by atoms with van der Waals surface area (Å²) in [5.74, 6) is 0.834. The minimum absolute atomic E-state index is 0.0952. The van der Waals surface area contributed by atoms with Crippen molar-refractivity contribution in [2.75, 3.05) is 17.3 Å². The monoisotopic (exact) mass is 258 g/mol. The fourth-order valence-electron chi connectivity index (χ4n) is 1.89. The zero-order chi connectivity index (χ0) is 11.7. The van der Waals surface area contributed by atoms with E-state index >= 15 is 0 Å². The summed E-state index contributed by atoms with van der Waals surface area (Å²) in [5.41, 5.74) is 1.61. The van der Waals surface area contributed by atoms with Crippen LogP contribution in [-0.2, 0) is 4.79 Å².